The Balaban J connectivity index is 1.55. The van der Waals surface area contributed by atoms with Gasteiger partial charge in [0.25, 0.3) is 0 Å². The van der Waals surface area contributed by atoms with E-state index in [1.54, 1.807) is 0 Å². The van der Waals surface area contributed by atoms with Crippen LogP contribution in [-0.4, -0.2) is 18.3 Å². The van der Waals surface area contributed by atoms with E-state index in [1.165, 1.54) is 33.0 Å². The van der Waals surface area contributed by atoms with Crippen LogP contribution in [0.25, 0.3) is 54.9 Å². The SMILES string of the molecule is OCCOc1ccc2cc(-c3ccccc3)ccc2c1-c1cccc2cc(-c3ccccc3)ccc12. The average Bonchev–Trinajstić information content (AvgIpc) is 2.96. The van der Waals surface area contributed by atoms with Crippen molar-refractivity contribution < 1.29 is 9.84 Å². The highest BCUT2D eigenvalue weighted by Gasteiger charge is 2.15. The lowest BCUT2D eigenvalue weighted by Gasteiger charge is -2.17. The topological polar surface area (TPSA) is 29.5 Å². The quantitative estimate of drug-likeness (QED) is 0.267. The normalized spacial score (nSPS) is 11.1. The maximum Gasteiger partial charge on any atom is 0.127 e. The summed E-state index contributed by atoms with van der Waals surface area (Å²) in [5.41, 5.74) is 6.96. The molecule has 0 saturated carbocycles. The van der Waals surface area contributed by atoms with Crippen LogP contribution in [-0.2, 0) is 0 Å². The Morgan fingerprint density at radius 1 is 0.500 bits per heavy atom. The first-order chi connectivity index (χ1) is 17.8. The standard InChI is InChI=1S/C34H26O2/c35-20-21-36-33-19-16-29-23-27(25-10-5-2-6-11-25)15-18-31(29)34(33)32-13-7-12-28-22-26(14-17-30(28)32)24-8-3-1-4-9-24/h1-19,22-23,35H,20-21H2. The minimum Gasteiger partial charge on any atom is -0.491 e. The van der Waals surface area contributed by atoms with Crippen LogP contribution in [0.5, 0.6) is 5.75 Å². The van der Waals surface area contributed by atoms with Gasteiger partial charge in [-0.3, -0.25) is 0 Å². The number of aliphatic hydroxyl groups is 1. The van der Waals surface area contributed by atoms with Crippen LogP contribution in [0.4, 0.5) is 0 Å². The maximum absolute atomic E-state index is 9.45. The minimum absolute atomic E-state index is 0.0274. The van der Waals surface area contributed by atoms with E-state index in [0.29, 0.717) is 0 Å². The van der Waals surface area contributed by atoms with Crippen LogP contribution in [0.1, 0.15) is 0 Å². The molecule has 6 aromatic carbocycles. The molecule has 0 saturated heterocycles. The Labute approximate surface area is 211 Å². The van der Waals surface area contributed by atoms with Gasteiger partial charge >= 0.3 is 0 Å². The van der Waals surface area contributed by atoms with Crippen molar-refractivity contribution in [1.82, 2.24) is 0 Å². The summed E-state index contributed by atoms with van der Waals surface area (Å²) in [7, 11) is 0. The molecule has 174 valence electrons. The number of hydrogen-bond acceptors (Lipinski definition) is 2. The molecule has 0 bridgehead atoms. The molecule has 2 nitrogen and oxygen atoms in total. The van der Waals surface area contributed by atoms with E-state index in [4.69, 9.17) is 4.74 Å². The molecule has 0 atom stereocenters. The van der Waals surface area contributed by atoms with Crippen LogP contribution in [0.15, 0.2) is 127 Å². The molecule has 36 heavy (non-hydrogen) atoms. The van der Waals surface area contributed by atoms with Crippen LogP contribution >= 0.6 is 0 Å². The number of hydrogen-bond donors (Lipinski definition) is 1. The van der Waals surface area contributed by atoms with Gasteiger partial charge in [-0.05, 0) is 67.6 Å². The molecule has 0 aliphatic heterocycles. The van der Waals surface area contributed by atoms with Crippen molar-refractivity contribution in [2.45, 2.75) is 0 Å². The molecular weight excluding hydrogens is 440 g/mol. The van der Waals surface area contributed by atoms with Crippen LogP contribution in [0, 0.1) is 0 Å². The molecule has 6 rings (SSSR count). The molecule has 0 aliphatic carbocycles. The maximum atomic E-state index is 9.45. The lowest BCUT2D eigenvalue weighted by molar-refractivity contribution is 0.202. The van der Waals surface area contributed by atoms with Crippen molar-refractivity contribution in [3.63, 3.8) is 0 Å². The minimum atomic E-state index is -0.0274. The van der Waals surface area contributed by atoms with E-state index in [-0.39, 0.29) is 13.2 Å². The predicted octanol–water partition coefficient (Wildman–Crippen LogP) is 8.37. The third-order valence-corrected chi connectivity index (χ3v) is 6.69. The Kier molecular flexibility index (Phi) is 5.95. The summed E-state index contributed by atoms with van der Waals surface area (Å²) in [5, 5.41) is 14.1. The molecule has 0 fully saturated rings. The Morgan fingerprint density at radius 2 is 1.11 bits per heavy atom. The second kappa shape index (κ2) is 9.69. The van der Waals surface area contributed by atoms with Crippen LogP contribution in [0.2, 0.25) is 0 Å². The van der Waals surface area contributed by atoms with Gasteiger partial charge in [-0.15, -0.1) is 0 Å². The van der Waals surface area contributed by atoms with Gasteiger partial charge in [0.15, 0.2) is 0 Å². The smallest absolute Gasteiger partial charge is 0.127 e. The van der Waals surface area contributed by atoms with Crippen molar-refractivity contribution in [3.05, 3.63) is 127 Å². The number of rotatable bonds is 6. The van der Waals surface area contributed by atoms with E-state index in [0.717, 1.165) is 27.6 Å². The van der Waals surface area contributed by atoms with E-state index in [9.17, 15) is 5.11 Å². The van der Waals surface area contributed by atoms with Gasteiger partial charge in [-0.2, -0.15) is 0 Å². The molecule has 0 spiro atoms. The van der Waals surface area contributed by atoms with Gasteiger partial charge in [0.1, 0.15) is 12.4 Å². The van der Waals surface area contributed by atoms with E-state index < -0.39 is 0 Å². The summed E-state index contributed by atoms with van der Waals surface area (Å²) in [6.45, 7) is 0.226. The van der Waals surface area contributed by atoms with E-state index in [2.05, 4.69) is 109 Å². The zero-order chi connectivity index (χ0) is 24.3. The van der Waals surface area contributed by atoms with Gasteiger partial charge in [0.2, 0.25) is 0 Å². The highest BCUT2D eigenvalue weighted by Crippen LogP contribution is 2.42. The summed E-state index contributed by atoms with van der Waals surface area (Å²) in [4.78, 5) is 0. The van der Waals surface area contributed by atoms with Gasteiger partial charge in [-0.25, -0.2) is 0 Å². The first kappa shape index (κ1) is 22.1. The molecule has 0 radical (unpaired) electrons. The summed E-state index contributed by atoms with van der Waals surface area (Å²) in [5.74, 6) is 0.781. The van der Waals surface area contributed by atoms with Crippen molar-refractivity contribution in [1.29, 1.82) is 0 Å². The second-order valence-electron chi connectivity index (χ2n) is 8.92. The first-order valence-electron chi connectivity index (χ1n) is 12.3. The fraction of sp³-hybridized carbons (Fsp3) is 0.0588. The fourth-order valence-electron chi connectivity index (χ4n) is 4.99. The Morgan fingerprint density at radius 3 is 1.75 bits per heavy atom. The van der Waals surface area contributed by atoms with Crippen molar-refractivity contribution >= 4 is 21.5 Å². The molecule has 0 amide bonds. The third kappa shape index (κ3) is 4.13. The molecule has 0 heterocycles. The molecule has 1 N–H and O–H groups in total. The monoisotopic (exact) mass is 466 g/mol. The predicted molar refractivity (Wildman–Crippen MR) is 150 cm³/mol. The number of fused-ring (bicyclic) bond motifs is 2. The highest BCUT2D eigenvalue weighted by molar-refractivity contribution is 6.09. The molecule has 6 aromatic rings. The van der Waals surface area contributed by atoms with Crippen molar-refractivity contribution in [2.24, 2.45) is 0 Å². The molecule has 2 heteroatoms. The first-order valence-corrected chi connectivity index (χ1v) is 12.3. The van der Waals surface area contributed by atoms with Crippen LogP contribution < -0.4 is 4.74 Å². The summed E-state index contributed by atoms with van der Waals surface area (Å²) >= 11 is 0. The van der Waals surface area contributed by atoms with Gasteiger partial charge < -0.3 is 9.84 Å². The van der Waals surface area contributed by atoms with E-state index in [1.807, 2.05) is 18.2 Å². The Hall–Kier alpha value is -4.40. The zero-order valence-electron chi connectivity index (χ0n) is 19.9. The third-order valence-electron chi connectivity index (χ3n) is 6.69. The lowest BCUT2D eigenvalue weighted by Crippen LogP contribution is -2.03. The van der Waals surface area contributed by atoms with Crippen molar-refractivity contribution in [3.8, 4) is 39.1 Å². The molecule has 0 unspecified atom stereocenters. The number of ether oxygens (including phenoxy) is 1. The Bertz CT molecular complexity index is 1650. The van der Waals surface area contributed by atoms with Gasteiger partial charge in [-0.1, -0.05) is 109 Å². The number of benzene rings is 6. The highest BCUT2D eigenvalue weighted by atomic mass is 16.5. The summed E-state index contributed by atoms with van der Waals surface area (Å²) < 4.78 is 6.06. The number of aliphatic hydroxyl groups excluding tert-OH is 1. The second-order valence-corrected chi connectivity index (χ2v) is 8.92. The summed E-state index contributed by atoms with van der Waals surface area (Å²) in [6, 6.07) is 44.7. The fourth-order valence-corrected chi connectivity index (χ4v) is 4.99. The van der Waals surface area contributed by atoms with Crippen molar-refractivity contribution in [2.75, 3.05) is 13.2 Å². The van der Waals surface area contributed by atoms with E-state index >= 15 is 0 Å². The zero-order valence-corrected chi connectivity index (χ0v) is 19.9. The van der Waals surface area contributed by atoms with Crippen LogP contribution in [0.3, 0.4) is 0 Å². The molecule has 0 aliphatic rings. The molecule has 0 aromatic heterocycles. The van der Waals surface area contributed by atoms with Gasteiger partial charge in [0, 0.05) is 5.56 Å². The van der Waals surface area contributed by atoms with Gasteiger partial charge in [0.05, 0.1) is 6.61 Å². The lowest BCUT2D eigenvalue weighted by atomic mass is 9.90. The average molecular weight is 467 g/mol. The molecular formula is C34H26O2. The largest absolute Gasteiger partial charge is 0.491 e. The summed E-state index contributed by atoms with van der Waals surface area (Å²) in [6.07, 6.45) is 0.